The first-order chi connectivity index (χ1) is 13.7. The van der Waals surface area contributed by atoms with Crippen LogP contribution in [0, 0.1) is 0 Å². The van der Waals surface area contributed by atoms with Crippen LogP contribution in [0.1, 0.15) is 22.2 Å². The molecule has 0 aliphatic carbocycles. The molecule has 0 radical (unpaired) electrons. The Morgan fingerprint density at radius 1 is 1.11 bits per heavy atom. The fourth-order valence-electron chi connectivity index (χ4n) is 3.07. The highest BCUT2D eigenvalue weighted by molar-refractivity contribution is 7.09. The molecule has 3 aromatic rings. The van der Waals surface area contributed by atoms with Crippen LogP contribution in [0.25, 0.3) is 0 Å². The van der Waals surface area contributed by atoms with Crippen molar-refractivity contribution in [2.45, 2.75) is 13.5 Å². The molecule has 0 bridgehead atoms. The lowest BCUT2D eigenvalue weighted by Crippen LogP contribution is -2.30. The van der Waals surface area contributed by atoms with E-state index in [1.165, 1.54) is 0 Å². The Labute approximate surface area is 166 Å². The van der Waals surface area contributed by atoms with Crippen molar-refractivity contribution in [1.29, 1.82) is 0 Å². The zero-order valence-corrected chi connectivity index (χ0v) is 16.1. The largest absolute Gasteiger partial charge is 0.454 e. The van der Waals surface area contributed by atoms with Crippen LogP contribution in [-0.2, 0) is 6.54 Å². The number of hydrogen-bond donors (Lipinski definition) is 2. The molecule has 3 amide bonds. The molecular formula is C21H19N3O3S. The first-order valence-electron chi connectivity index (χ1n) is 8.95. The molecule has 4 rings (SSSR count). The molecule has 1 aliphatic heterocycles. The van der Waals surface area contributed by atoms with Crippen LogP contribution in [-0.4, -0.2) is 18.5 Å². The third kappa shape index (κ3) is 3.57. The van der Waals surface area contributed by atoms with Crippen LogP contribution < -0.4 is 20.3 Å². The molecule has 0 saturated carbocycles. The summed E-state index contributed by atoms with van der Waals surface area (Å²) in [6, 6.07) is 16.1. The Morgan fingerprint density at radius 2 is 1.96 bits per heavy atom. The summed E-state index contributed by atoms with van der Waals surface area (Å²) < 4.78 is 5.97. The quantitative estimate of drug-likeness (QED) is 0.666. The van der Waals surface area contributed by atoms with Crippen molar-refractivity contribution in [3.63, 3.8) is 0 Å². The minimum absolute atomic E-state index is 0.162. The van der Waals surface area contributed by atoms with Gasteiger partial charge < -0.3 is 20.3 Å². The minimum Gasteiger partial charge on any atom is -0.454 e. The Hall–Kier alpha value is -3.32. The molecule has 7 heteroatoms. The average Bonchev–Trinajstić information content (AvgIpc) is 3.19. The van der Waals surface area contributed by atoms with Gasteiger partial charge in [-0.3, -0.25) is 4.79 Å². The highest BCUT2D eigenvalue weighted by Gasteiger charge is 2.27. The molecule has 142 valence electrons. The van der Waals surface area contributed by atoms with Gasteiger partial charge in [-0.25, -0.2) is 4.79 Å². The smallest absolute Gasteiger partial charge is 0.319 e. The summed E-state index contributed by atoms with van der Waals surface area (Å²) in [4.78, 5) is 28.0. The van der Waals surface area contributed by atoms with Gasteiger partial charge in [0.15, 0.2) is 5.75 Å². The fourth-order valence-corrected chi connectivity index (χ4v) is 3.72. The van der Waals surface area contributed by atoms with Crippen molar-refractivity contribution in [3.8, 4) is 11.5 Å². The van der Waals surface area contributed by atoms with E-state index < -0.39 is 0 Å². The average molecular weight is 393 g/mol. The molecule has 1 aromatic heterocycles. The minimum atomic E-state index is -0.328. The lowest BCUT2D eigenvalue weighted by Gasteiger charge is -2.19. The summed E-state index contributed by atoms with van der Waals surface area (Å²) in [6.07, 6.45) is 0. The number of carbonyl (C=O) groups is 2. The van der Waals surface area contributed by atoms with Crippen molar-refractivity contribution in [3.05, 3.63) is 70.4 Å². The summed E-state index contributed by atoms with van der Waals surface area (Å²) in [5, 5.41) is 7.55. The molecule has 0 saturated heterocycles. The molecule has 1 aliphatic rings. The number of fused-ring (bicyclic) bond motifs is 2. The highest BCUT2D eigenvalue weighted by Crippen LogP contribution is 2.39. The van der Waals surface area contributed by atoms with E-state index in [1.807, 2.05) is 48.7 Å². The number of para-hydroxylation sites is 2. The van der Waals surface area contributed by atoms with Crippen molar-refractivity contribution >= 4 is 34.6 Å². The van der Waals surface area contributed by atoms with Gasteiger partial charge in [-0.1, -0.05) is 18.2 Å². The van der Waals surface area contributed by atoms with Crippen molar-refractivity contribution in [1.82, 2.24) is 5.32 Å². The van der Waals surface area contributed by atoms with E-state index >= 15 is 0 Å². The number of hydrogen-bond acceptors (Lipinski definition) is 4. The normalized spacial score (nSPS) is 12.5. The predicted molar refractivity (Wildman–Crippen MR) is 110 cm³/mol. The Bertz CT molecular complexity index is 1020. The number of urea groups is 1. The first kappa shape index (κ1) is 18.1. The highest BCUT2D eigenvalue weighted by atomic mass is 32.1. The molecule has 28 heavy (non-hydrogen) atoms. The Morgan fingerprint density at radius 3 is 2.75 bits per heavy atom. The number of benzene rings is 2. The van der Waals surface area contributed by atoms with E-state index in [1.54, 1.807) is 34.4 Å². The zero-order chi connectivity index (χ0) is 19.5. The van der Waals surface area contributed by atoms with Gasteiger partial charge in [0.1, 0.15) is 5.75 Å². The maximum atomic E-state index is 13.1. The molecule has 2 N–H and O–H groups in total. The second-order valence-electron chi connectivity index (χ2n) is 6.22. The number of carbonyl (C=O) groups excluding carboxylic acids is 2. The van der Waals surface area contributed by atoms with Gasteiger partial charge in [0.2, 0.25) is 0 Å². The van der Waals surface area contributed by atoms with Crippen molar-refractivity contribution < 1.29 is 14.3 Å². The number of thiophene rings is 1. The van der Waals surface area contributed by atoms with E-state index in [2.05, 4.69) is 10.6 Å². The van der Waals surface area contributed by atoms with Gasteiger partial charge in [0.05, 0.1) is 17.8 Å². The number of ether oxygens (including phenoxy) is 1. The van der Waals surface area contributed by atoms with Gasteiger partial charge >= 0.3 is 6.03 Å². The van der Waals surface area contributed by atoms with Crippen LogP contribution >= 0.6 is 11.3 Å². The third-order valence-corrected chi connectivity index (χ3v) is 5.28. The van der Waals surface area contributed by atoms with E-state index in [0.717, 1.165) is 10.6 Å². The first-order valence-corrected chi connectivity index (χ1v) is 9.83. The number of anilines is 2. The lowest BCUT2D eigenvalue weighted by atomic mass is 10.1. The molecular weight excluding hydrogens is 374 g/mol. The molecule has 0 spiro atoms. The topological polar surface area (TPSA) is 70.7 Å². The van der Waals surface area contributed by atoms with Gasteiger partial charge in [-0.2, -0.15) is 0 Å². The Kier molecular flexibility index (Phi) is 4.99. The maximum absolute atomic E-state index is 13.1. The van der Waals surface area contributed by atoms with Crippen LogP contribution in [0.3, 0.4) is 0 Å². The van der Waals surface area contributed by atoms with E-state index in [9.17, 15) is 9.59 Å². The summed E-state index contributed by atoms with van der Waals surface area (Å²) in [5.41, 5.74) is 1.67. The Balaban J connectivity index is 1.55. The molecule has 0 unspecified atom stereocenters. The van der Waals surface area contributed by atoms with Crippen LogP contribution in [0.2, 0.25) is 0 Å². The standard InChI is InChI=1S/C21H19N3O3S/c1-2-24-17-7-3-4-8-19(17)27-18-10-9-14(12-16(18)20(24)25)23-21(26)22-13-15-6-5-11-28-15/h3-12H,2,13H2,1H3,(H2,22,23,26). The maximum Gasteiger partial charge on any atom is 0.319 e. The van der Waals surface area contributed by atoms with E-state index in [-0.39, 0.29) is 11.9 Å². The number of rotatable bonds is 4. The SMILES string of the molecule is CCN1C(=O)c2cc(NC(=O)NCc3cccs3)ccc2Oc2ccccc21. The molecule has 0 fully saturated rings. The van der Waals surface area contributed by atoms with Gasteiger partial charge in [0.25, 0.3) is 5.91 Å². The number of nitrogens with one attached hydrogen (secondary N) is 2. The summed E-state index contributed by atoms with van der Waals surface area (Å²) >= 11 is 1.58. The van der Waals surface area contributed by atoms with Crippen LogP contribution in [0.15, 0.2) is 60.0 Å². The second kappa shape index (κ2) is 7.74. The monoisotopic (exact) mass is 393 g/mol. The van der Waals surface area contributed by atoms with Crippen molar-refractivity contribution in [2.75, 3.05) is 16.8 Å². The van der Waals surface area contributed by atoms with E-state index in [0.29, 0.717) is 35.8 Å². The third-order valence-electron chi connectivity index (χ3n) is 4.41. The number of amides is 3. The molecule has 6 nitrogen and oxygen atoms in total. The summed E-state index contributed by atoms with van der Waals surface area (Å²) in [6.45, 7) is 2.88. The predicted octanol–water partition coefficient (Wildman–Crippen LogP) is 4.84. The number of nitrogens with zero attached hydrogens (tertiary/aromatic N) is 1. The summed E-state index contributed by atoms with van der Waals surface area (Å²) in [5.74, 6) is 0.939. The molecule has 0 atom stereocenters. The van der Waals surface area contributed by atoms with Gasteiger partial charge in [-0.05, 0) is 48.7 Å². The summed E-state index contributed by atoms with van der Waals surface area (Å²) in [7, 11) is 0. The molecule has 2 aromatic carbocycles. The van der Waals surface area contributed by atoms with Crippen LogP contribution in [0.5, 0.6) is 11.5 Å². The lowest BCUT2D eigenvalue weighted by molar-refractivity contribution is 0.0988. The van der Waals surface area contributed by atoms with E-state index in [4.69, 9.17) is 4.74 Å². The molecule has 2 heterocycles. The fraction of sp³-hybridized carbons (Fsp3) is 0.143. The van der Waals surface area contributed by atoms with Gasteiger partial charge in [-0.15, -0.1) is 11.3 Å². The van der Waals surface area contributed by atoms with Crippen LogP contribution in [0.4, 0.5) is 16.2 Å². The van der Waals surface area contributed by atoms with Gasteiger partial charge in [0, 0.05) is 17.1 Å². The van der Waals surface area contributed by atoms with Crippen molar-refractivity contribution in [2.24, 2.45) is 0 Å². The zero-order valence-electron chi connectivity index (χ0n) is 15.3. The second-order valence-corrected chi connectivity index (χ2v) is 7.25.